The molecule has 3 rings (SSSR count). The van der Waals surface area contributed by atoms with Gasteiger partial charge in [-0.25, -0.2) is 0 Å². The Labute approximate surface area is 142 Å². The van der Waals surface area contributed by atoms with E-state index in [0.717, 1.165) is 37.4 Å². The Morgan fingerprint density at radius 2 is 2.00 bits per heavy atom. The molecule has 0 radical (unpaired) electrons. The number of rotatable bonds is 6. The summed E-state index contributed by atoms with van der Waals surface area (Å²) in [5.74, 6) is 0.505. The Hall–Kier alpha value is -2.53. The van der Waals surface area contributed by atoms with Crippen LogP contribution in [-0.2, 0) is 4.74 Å². The first-order valence-corrected chi connectivity index (χ1v) is 8.15. The van der Waals surface area contributed by atoms with E-state index in [4.69, 9.17) is 9.47 Å². The van der Waals surface area contributed by atoms with Gasteiger partial charge < -0.3 is 20.1 Å². The first-order chi connectivity index (χ1) is 11.7. The predicted molar refractivity (Wildman–Crippen MR) is 94.9 cm³/mol. The number of hydrogen-bond acceptors (Lipinski definition) is 4. The number of hydrogen-bond donors (Lipinski definition) is 2. The highest BCUT2D eigenvalue weighted by atomic mass is 16.5. The molecule has 0 aromatic heterocycles. The Morgan fingerprint density at radius 1 is 1.21 bits per heavy atom. The second kappa shape index (κ2) is 7.84. The number of carbonyl (C=O) groups is 1. The molecule has 2 N–H and O–H groups in total. The molecule has 0 aliphatic carbocycles. The second-order valence-electron chi connectivity index (χ2n) is 5.78. The molecule has 0 bridgehead atoms. The third kappa shape index (κ3) is 4.26. The summed E-state index contributed by atoms with van der Waals surface area (Å²) in [5, 5.41) is 6.25. The average molecular weight is 326 g/mol. The van der Waals surface area contributed by atoms with Crippen molar-refractivity contribution >= 4 is 17.3 Å². The molecule has 1 heterocycles. The van der Waals surface area contributed by atoms with Crippen molar-refractivity contribution in [3.63, 3.8) is 0 Å². The van der Waals surface area contributed by atoms with E-state index in [0.29, 0.717) is 17.4 Å². The molecule has 0 spiro atoms. The van der Waals surface area contributed by atoms with Crippen LogP contribution in [0.1, 0.15) is 23.2 Å². The lowest BCUT2D eigenvalue weighted by molar-refractivity contribution is 0.102. The van der Waals surface area contributed by atoms with Crippen LogP contribution in [0.5, 0.6) is 5.75 Å². The largest absolute Gasteiger partial charge is 0.497 e. The quantitative estimate of drug-likeness (QED) is 0.852. The minimum Gasteiger partial charge on any atom is -0.497 e. The monoisotopic (exact) mass is 326 g/mol. The minimum absolute atomic E-state index is 0.158. The molecule has 1 atom stereocenters. The Morgan fingerprint density at radius 3 is 2.71 bits per heavy atom. The molecule has 5 nitrogen and oxygen atoms in total. The standard InChI is InChI=1S/C19H22N2O3/c1-23-17-5-2-4-14(12-17)19(22)21-16-9-7-15(8-10-16)20-13-18-6-3-11-24-18/h2,4-5,7-10,12,18,20H,3,6,11,13H2,1H3,(H,21,22). The molecule has 1 saturated heterocycles. The maximum atomic E-state index is 12.3. The lowest BCUT2D eigenvalue weighted by atomic mass is 10.2. The van der Waals surface area contributed by atoms with Gasteiger partial charge in [-0.05, 0) is 55.3 Å². The first-order valence-electron chi connectivity index (χ1n) is 8.15. The van der Waals surface area contributed by atoms with E-state index in [1.54, 1.807) is 25.3 Å². The van der Waals surface area contributed by atoms with Crippen molar-refractivity contribution in [1.29, 1.82) is 0 Å². The molecule has 1 unspecified atom stereocenters. The molecule has 1 amide bonds. The molecule has 24 heavy (non-hydrogen) atoms. The molecule has 126 valence electrons. The summed E-state index contributed by atoms with van der Waals surface area (Å²) in [6.07, 6.45) is 2.56. The highest BCUT2D eigenvalue weighted by Gasteiger charge is 2.14. The van der Waals surface area contributed by atoms with E-state index < -0.39 is 0 Å². The van der Waals surface area contributed by atoms with E-state index in [1.165, 1.54) is 0 Å². The molecule has 1 aliphatic rings. The smallest absolute Gasteiger partial charge is 0.255 e. The molecule has 0 saturated carbocycles. The number of methoxy groups -OCH3 is 1. The van der Waals surface area contributed by atoms with Gasteiger partial charge >= 0.3 is 0 Å². The van der Waals surface area contributed by atoms with Crippen LogP contribution in [0.2, 0.25) is 0 Å². The van der Waals surface area contributed by atoms with Gasteiger partial charge in [0.15, 0.2) is 0 Å². The lowest BCUT2D eigenvalue weighted by Gasteiger charge is -2.12. The van der Waals surface area contributed by atoms with E-state index in [1.807, 2.05) is 30.3 Å². The zero-order valence-electron chi connectivity index (χ0n) is 13.7. The van der Waals surface area contributed by atoms with Crippen molar-refractivity contribution < 1.29 is 14.3 Å². The number of amides is 1. The Balaban J connectivity index is 1.55. The van der Waals surface area contributed by atoms with Crippen LogP contribution in [0.3, 0.4) is 0 Å². The van der Waals surface area contributed by atoms with Crippen molar-refractivity contribution in [3.8, 4) is 5.75 Å². The normalized spacial score (nSPS) is 16.6. The molecular formula is C19H22N2O3. The summed E-state index contributed by atoms with van der Waals surface area (Å²) < 4.78 is 10.7. The van der Waals surface area contributed by atoms with Crippen LogP contribution in [-0.4, -0.2) is 32.3 Å². The van der Waals surface area contributed by atoms with Crippen molar-refractivity contribution in [2.75, 3.05) is 30.9 Å². The molecule has 1 aliphatic heterocycles. The Bertz CT molecular complexity index is 679. The summed E-state index contributed by atoms with van der Waals surface area (Å²) >= 11 is 0. The minimum atomic E-state index is -0.158. The summed E-state index contributed by atoms with van der Waals surface area (Å²) in [6.45, 7) is 1.68. The number of anilines is 2. The fourth-order valence-corrected chi connectivity index (χ4v) is 2.68. The second-order valence-corrected chi connectivity index (χ2v) is 5.78. The van der Waals surface area contributed by atoms with Crippen molar-refractivity contribution in [3.05, 3.63) is 54.1 Å². The van der Waals surface area contributed by atoms with Crippen LogP contribution in [0.4, 0.5) is 11.4 Å². The maximum absolute atomic E-state index is 12.3. The zero-order chi connectivity index (χ0) is 16.8. The van der Waals surface area contributed by atoms with Crippen LogP contribution in [0.15, 0.2) is 48.5 Å². The molecule has 2 aromatic carbocycles. The van der Waals surface area contributed by atoms with Crippen molar-refractivity contribution in [1.82, 2.24) is 0 Å². The van der Waals surface area contributed by atoms with E-state index >= 15 is 0 Å². The van der Waals surface area contributed by atoms with E-state index in [9.17, 15) is 4.79 Å². The van der Waals surface area contributed by atoms with Crippen molar-refractivity contribution in [2.24, 2.45) is 0 Å². The topological polar surface area (TPSA) is 59.6 Å². The maximum Gasteiger partial charge on any atom is 0.255 e. The predicted octanol–water partition coefficient (Wildman–Crippen LogP) is 3.54. The summed E-state index contributed by atoms with van der Waals surface area (Å²) in [6, 6.07) is 14.8. The summed E-state index contributed by atoms with van der Waals surface area (Å²) in [7, 11) is 1.58. The van der Waals surface area contributed by atoms with Gasteiger partial charge in [0, 0.05) is 30.1 Å². The lowest BCUT2D eigenvalue weighted by Crippen LogP contribution is -2.18. The molecular weight excluding hydrogens is 304 g/mol. The highest BCUT2D eigenvalue weighted by Crippen LogP contribution is 2.18. The van der Waals surface area contributed by atoms with Crippen LogP contribution >= 0.6 is 0 Å². The fraction of sp³-hybridized carbons (Fsp3) is 0.316. The number of carbonyl (C=O) groups excluding carboxylic acids is 1. The Kier molecular flexibility index (Phi) is 5.33. The van der Waals surface area contributed by atoms with Gasteiger partial charge in [-0.2, -0.15) is 0 Å². The van der Waals surface area contributed by atoms with Gasteiger partial charge in [-0.15, -0.1) is 0 Å². The molecule has 1 fully saturated rings. The van der Waals surface area contributed by atoms with E-state index in [-0.39, 0.29) is 5.91 Å². The SMILES string of the molecule is COc1cccc(C(=O)Nc2ccc(NCC3CCCO3)cc2)c1. The number of ether oxygens (including phenoxy) is 2. The van der Waals surface area contributed by atoms with Gasteiger partial charge in [0.2, 0.25) is 0 Å². The fourth-order valence-electron chi connectivity index (χ4n) is 2.68. The van der Waals surface area contributed by atoms with Crippen LogP contribution in [0, 0.1) is 0 Å². The average Bonchev–Trinajstić information content (AvgIpc) is 3.15. The summed E-state index contributed by atoms with van der Waals surface area (Å²) in [5.41, 5.74) is 2.34. The molecule has 5 heteroatoms. The zero-order valence-corrected chi connectivity index (χ0v) is 13.7. The summed E-state index contributed by atoms with van der Waals surface area (Å²) in [4.78, 5) is 12.3. The third-order valence-corrected chi connectivity index (χ3v) is 4.03. The third-order valence-electron chi connectivity index (χ3n) is 4.03. The molecule has 2 aromatic rings. The van der Waals surface area contributed by atoms with Crippen molar-refractivity contribution in [2.45, 2.75) is 18.9 Å². The number of nitrogens with one attached hydrogen (secondary N) is 2. The van der Waals surface area contributed by atoms with Gasteiger partial charge in [0.1, 0.15) is 5.75 Å². The first kappa shape index (κ1) is 16.3. The van der Waals surface area contributed by atoms with Crippen LogP contribution in [0.25, 0.3) is 0 Å². The van der Waals surface area contributed by atoms with Gasteiger partial charge in [-0.3, -0.25) is 4.79 Å². The van der Waals surface area contributed by atoms with Gasteiger partial charge in [0.25, 0.3) is 5.91 Å². The number of benzene rings is 2. The van der Waals surface area contributed by atoms with E-state index in [2.05, 4.69) is 10.6 Å². The van der Waals surface area contributed by atoms with Gasteiger partial charge in [0.05, 0.1) is 13.2 Å². The van der Waals surface area contributed by atoms with Gasteiger partial charge in [-0.1, -0.05) is 6.07 Å². The van der Waals surface area contributed by atoms with Crippen LogP contribution < -0.4 is 15.4 Å². The highest BCUT2D eigenvalue weighted by molar-refractivity contribution is 6.04.